The van der Waals surface area contributed by atoms with Gasteiger partial charge >= 0.3 is 18.1 Å². The van der Waals surface area contributed by atoms with Crippen LogP contribution in [0.3, 0.4) is 0 Å². The van der Waals surface area contributed by atoms with Gasteiger partial charge < -0.3 is 10.1 Å². The lowest BCUT2D eigenvalue weighted by molar-refractivity contribution is -0.174. The molecule has 0 saturated heterocycles. The first-order valence-electron chi connectivity index (χ1n) is 10.0. The Bertz CT molecular complexity index is 1130. The second-order valence-corrected chi connectivity index (χ2v) is 9.19. The van der Waals surface area contributed by atoms with Gasteiger partial charge in [0.05, 0.1) is 22.0 Å². The van der Waals surface area contributed by atoms with Gasteiger partial charge in [0.25, 0.3) is 0 Å². The minimum atomic E-state index is -4.98. The van der Waals surface area contributed by atoms with Crippen LogP contribution in [0.1, 0.15) is 35.3 Å². The number of halogens is 3. The zero-order valence-electron chi connectivity index (χ0n) is 18.1. The van der Waals surface area contributed by atoms with Crippen molar-refractivity contribution in [2.75, 3.05) is 6.61 Å². The number of rotatable bonds is 9. The summed E-state index contributed by atoms with van der Waals surface area (Å²) in [5.74, 6) is -2.81. The third kappa shape index (κ3) is 6.67. The predicted octanol–water partition coefficient (Wildman–Crippen LogP) is 4.03. The highest BCUT2D eigenvalue weighted by molar-refractivity contribution is 7.91. The van der Waals surface area contributed by atoms with E-state index in [1.54, 1.807) is 19.1 Å². The Labute approximate surface area is 190 Å². The number of nitrogens with one attached hydrogen (secondary N) is 1. The van der Waals surface area contributed by atoms with Crippen LogP contribution in [0.5, 0.6) is 0 Å². The van der Waals surface area contributed by atoms with E-state index in [2.05, 4.69) is 6.58 Å². The van der Waals surface area contributed by atoms with E-state index in [0.717, 1.165) is 0 Å². The van der Waals surface area contributed by atoms with Crippen LogP contribution in [0.25, 0.3) is 0 Å². The fourth-order valence-electron chi connectivity index (χ4n) is 3.12. The maximum Gasteiger partial charge on any atom is 0.471 e. The second-order valence-electron chi connectivity index (χ2n) is 7.27. The Morgan fingerprint density at radius 1 is 1.12 bits per heavy atom. The summed E-state index contributed by atoms with van der Waals surface area (Å²) in [7, 11) is -4.09. The minimum absolute atomic E-state index is 0.0620. The number of allylic oxidation sites excluding steroid dienone is 1. The van der Waals surface area contributed by atoms with Crippen LogP contribution in [-0.2, 0) is 32.2 Å². The normalized spacial score (nSPS) is 12.6. The fraction of sp³-hybridized carbons (Fsp3) is 0.304. The molecule has 0 aliphatic rings. The van der Waals surface area contributed by atoms with Gasteiger partial charge in [0.15, 0.2) is 0 Å². The number of hydrogen-bond acceptors (Lipinski definition) is 5. The number of benzene rings is 2. The molecule has 1 N–H and O–H groups in total. The van der Waals surface area contributed by atoms with Crippen LogP contribution in [-0.4, -0.2) is 39.1 Å². The van der Waals surface area contributed by atoms with E-state index in [9.17, 15) is 31.2 Å². The first-order valence-corrected chi connectivity index (χ1v) is 11.5. The number of carbonyl (C=O) groups is 2. The highest BCUT2D eigenvalue weighted by Crippen LogP contribution is 2.27. The van der Waals surface area contributed by atoms with E-state index in [1.807, 2.05) is 5.32 Å². The Morgan fingerprint density at radius 2 is 1.73 bits per heavy atom. The summed E-state index contributed by atoms with van der Waals surface area (Å²) < 4.78 is 68.6. The first-order chi connectivity index (χ1) is 15.4. The summed E-state index contributed by atoms with van der Waals surface area (Å²) in [5, 5.41) is 1.85. The molecular weight excluding hydrogens is 459 g/mol. The van der Waals surface area contributed by atoms with Crippen LogP contribution in [0.4, 0.5) is 13.2 Å². The van der Waals surface area contributed by atoms with Crippen molar-refractivity contribution in [3.8, 4) is 0 Å². The molecule has 178 valence electrons. The Kier molecular flexibility index (Phi) is 8.43. The smallest absolute Gasteiger partial charge is 0.462 e. The SMILES string of the molecule is C=CCc1ccc(S(=O)(=O)c2ccc(C[C@@H](C)NC(=O)C(F)(F)F)cc2)c(C(=O)OCC)c1. The van der Waals surface area contributed by atoms with Crippen molar-refractivity contribution in [2.45, 2.75) is 48.7 Å². The molecule has 0 unspecified atom stereocenters. The van der Waals surface area contributed by atoms with Crippen LogP contribution in [0.15, 0.2) is 64.9 Å². The lowest BCUT2D eigenvalue weighted by Crippen LogP contribution is -2.42. The van der Waals surface area contributed by atoms with Gasteiger partial charge in [0, 0.05) is 6.04 Å². The average Bonchev–Trinajstić information content (AvgIpc) is 2.73. The Hall–Kier alpha value is -3.14. The van der Waals surface area contributed by atoms with Gasteiger partial charge in [0.2, 0.25) is 9.84 Å². The topological polar surface area (TPSA) is 89.5 Å². The van der Waals surface area contributed by atoms with Gasteiger partial charge in [-0.05, 0) is 62.1 Å². The summed E-state index contributed by atoms with van der Waals surface area (Å²) in [4.78, 5) is 23.1. The molecule has 0 radical (unpaired) electrons. The summed E-state index contributed by atoms with van der Waals surface area (Å²) in [6.07, 6.45) is -2.86. The molecule has 2 rings (SSSR count). The number of esters is 1. The molecule has 0 heterocycles. The zero-order valence-corrected chi connectivity index (χ0v) is 18.9. The first kappa shape index (κ1) is 26.1. The molecule has 0 fully saturated rings. The minimum Gasteiger partial charge on any atom is -0.462 e. The van der Waals surface area contributed by atoms with Crippen molar-refractivity contribution in [1.29, 1.82) is 0 Å². The highest BCUT2D eigenvalue weighted by atomic mass is 32.2. The van der Waals surface area contributed by atoms with Crippen molar-refractivity contribution in [1.82, 2.24) is 5.32 Å². The van der Waals surface area contributed by atoms with Gasteiger partial charge in [-0.2, -0.15) is 13.2 Å². The monoisotopic (exact) mass is 483 g/mol. The van der Waals surface area contributed by atoms with Crippen molar-refractivity contribution in [3.63, 3.8) is 0 Å². The van der Waals surface area contributed by atoms with Gasteiger partial charge in [-0.15, -0.1) is 6.58 Å². The molecular formula is C23H24F3NO5S. The van der Waals surface area contributed by atoms with Crippen molar-refractivity contribution < 1.29 is 35.9 Å². The van der Waals surface area contributed by atoms with Crippen LogP contribution in [0.2, 0.25) is 0 Å². The van der Waals surface area contributed by atoms with Crippen molar-refractivity contribution in [2.24, 2.45) is 0 Å². The zero-order chi connectivity index (χ0) is 24.8. The average molecular weight is 484 g/mol. The van der Waals surface area contributed by atoms with E-state index in [0.29, 0.717) is 17.5 Å². The Balaban J connectivity index is 2.31. The number of sulfone groups is 1. The molecule has 2 aromatic carbocycles. The Morgan fingerprint density at radius 3 is 2.27 bits per heavy atom. The molecule has 2 aromatic rings. The van der Waals surface area contributed by atoms with Crippen LogP contribution in [0, 0.1) is 0 Å². The lowest BCUT2D eigenvalue weighted by Gasteiger charge is -2.16. The molecule has 0 saturated carbocycles. The molecule has 1 amide bonds. The van der Waals surface area contributed by atoms with Gasteiger partial charge in [0.1, 0.15) is 0 Å². The fourth-order valence-corrected chi connectivity index (χ4v) is 4.54. The van der Waals surface area contributed by atoms with E-state index in [-0.39, 0.29) is 28.4 Å². The van der Waals surface area contributed by atoms with Gasteiger partial charge in [-0.1, -0.05) is 24.3 Å². The summed E-state index contributed by atoms with van der Waals surface area (Å²) in [6, 6.07) is 9.03. The van der Waals surface area contributed by atoms with Gasteiger partial charge in [-0.25, -0.2) is 13.2 Å². The van der Waals surface area contributed by atoms with Crippen LogP contribution >= 0.6 is 0 Å². The molecule has 10 heteroatoms. The molecule has 33 heavy (non-hydrogen) atoms. The third-order valence-electron chi connectivity index (χ3n) is 4.62. The van der Waals surface area contributed by atoms with E-state index >= 15 is 0 Å². The molecule has 0 bridgehead atoms. The summed E-state index contributed by atoms with van der Waals surface area (Å²) in [5.41, 5.74) is 1.12. The van der Waals surface area contributed by atoms with E-state index < -0.39 is 33.9 Å². The highest BCUT2D eigenvalue weighted by Gasteiger charge is 2.39. The maximum atomic E-state index is 13.2. The summed E-state index contributed by atoms with van der Waals surface area (Å²) >= 11 is 0. The van der Waals surface area contributed by atoms with Crippen molar-refractivity contribution in [3.05, 3.63) is 71.8 Å². The molecule has 0 spiro atoms. The van der Waals surface area contributed by atoms with E-state index in [1.165, 1.54) is 43.3 Å². The molecule has 1 atom stereocenters. The summed E-state index contributed by atoms with van der Waals surface area (Å²) in [6.45, 7) is 6.71. The lowest BCUT2D eigenvalue weighted by atomic mass is 10.1. The third-order valence-corrected chi connectivity index (χ3v) is 6.45. The van der Waals surface area contributed by atoms with Crippen LogP contribution < -0.4 is 5.32 Å². The number of hydrogen-bond donors (Lipinski definition) is 1. The van der Waals surface area contributed by atoms with Gasteiger partial charge in [-0.3, -0.25) is 4.79 Å². The molecule has 0 aromatic heterocycles. The van der Waals surface area contributed by atoms with E-state index in [4.69, 9.17) is 4.74 Å². The molecule has 6 nitrogen and oxygen atoms in total. The number of alkyl halides is 3. The quantitative estimate of drug-likeness (QED) is 0.430. The number of carbonyl (C=O) groups excluding carboxylic acids is 2. The maximum absolute atomic E-state index is 13.2. The number of amides is 1. The predicted molar refractivity (Wildman–Crippen MR) is 116 cm³/mol. The number of ether oxygens (including phenoxy) is 1. The largest absolute Gasteiger partial charge is 0.471 e. The molecule has 0 aliphatic carbocycles. The van der Waals surface area contributed by atoms with Crippen molar-refractivity contribution >= 4 is 21.7 Å². The second kappa shape index (κ2) is 10.7. The standard InChI is InChI=1S/C23H24F3NO5S/c1-4-6-16-9-12-20(19(14-16)21(28)32-5-2)33(30,31)18-10-7-17(8-11-18)13-15(3)27-22(29)23(24,25)26/h4,7-12,14-15H,1,5-6,13H2,2-3H3,(H,27,29)/t15-/m1/s1. The molecule has 0 aliphatic heterocycles.